The number of alkyl halides is 3. The summed E-state index contributed by atoms with van der Waals surface area (Å²) in [7, 11) is 0. The minimum Gasteiger partial charge on any atom is -0.444 e. The van der Waals surface area contributed by atoms with Crippen LogP contribution in [0.2, 0.25) is 0 Å². The van der Waals surface area contributed by atoms with E-state index in [1.54, 1.807) is 27.7 Å². The number of nitrogens with zero attached hydrogens (tertiary/aromatic N) is 3. The highest BCUT2D eigenvalue weighted by molar-refractivity contribution is 5.95. The predicted octanol–water partition coefficient (Wildman–Crippen LogP) is 4.44. The summed E-state index contributed by atoms with van der Waals surface area (Å²) in [5.74, 6) is -3.13. The molecular formula is C26H34F4N4O5. The Bertz CT molecular complexity index is 1220. The lowest BCUT2D eigenvalue weighted by Crippen LogP contribution is -2.52. The van der Waals surface area contributed by atoms with Crippen LogP contribution in [0.15, 0.2) is 12.1 Å². The van der Waals surface area contributed by atoms with Gasteiger partial charge < -0.3 is 25.2 Å². The van der Waals surface area contributed by atoms with Crippen molar-refractivity contribution < 1.29 is 42.1 Å². The van der Waals surface area contributed by atoms with Gasteiger partial charge in [-0.1, -0.05) is 0 Å². The van der Waals surface area contributed by atoms with Crippen molar-refractivity contribution in [1.29, 1.82) is 0 Å². The van der Waals surface area contributed by atoms with Crippen LogP contribution >= 0.6 is 0 Å². The number of fused-ring (bicyclic) bond motifs is 1. The fourth-order valence-corrected chi connectivity index (χ4v) is 4.93. The molecule has 13 heteroatoms. The van der Waals surface area contributed by atoms with Gasteiger partial charge in [0.1, 0.15) is 17.2 Å². The summed E-state index contributed by atoms with van der Waals surface area (Å²) in [4.78, 5) is 26.7. The zero-order valence-electron chi connectivity index (χ0n) is 22.7. The molecule has 1 aromatic carbocycles. The lowest BCUT2D eigenvalue weighted by atomic mass is 9.72. The van der Waals surface area contributed by atoms with Gasteiger partial charge in [-0.25, -0.2) is 13.9 Å². The molecular weight excluding hydrogens is 524 g/mol. The number of rotatable bonds is 6. The highest BCUT2D eigenvalue weighted by atomic mass is 19.4. The molecule has 0 fully saturated rings. The van der Waals surface area contributed by atoms with E-state index in [1.165, 1.54) is 30.9 Å². The number of hydrogen-bond acceptors (Lipinski definition) is 6. The molecule has 0 spiro atoms. The van der Waals surface area contributed by atoms with Crippen molar-refractivity contribution in [2.24, 2.45) is 0 Å². The Morgan fingerprint density at radius 2 is 1.67 bits per heavy atom. The molecule has 0 radical (unpaired) electrons. The molecule has 3 rings (SSSR count). The number of carbonyl (C=O) groups is 2. The minimum absolute atomic E-state index is 0.00226. The number of amides is 2. The summed E-state index contributed by atoms with van der Waals surface area (Å²) in [6.07, 6.45) is -6.02. The molecule has 9 nitrogen and oxygen atoms in total. The summed E-state index contributed by atoms with van der Waals surface area (Å²) in [6, 6.07) is 1.82. The average molecular weight is 559 g/mol. The Kier molecular flexibility index (Phi) is 8.37. The van der Waals surface area contributed by atoms with E-state index >= 15 is 0 Å². The highest BCUT2D eigenvalue weighted by Gasteiger charge is 2.50. The molecule has 0 aliphatic carbocycles. The number of nitrogens with one attached hydrogen (secondary N) is 1. The third-order valence-electron chi connectivity index (χ3n) is 6.75. The van der Waals surface area contributed by atoms with Crippen LogP contribution in [0.25, 0.3) is 5.69 Å². The molecule has 0 saturated carbocycles. The van der Waals surface area contributed by atoms with Crippen LogP contribution in [-0.4, -0.2) is 68.4 Å². The van der Waals surface area contributed by atoms with Crippen molar-refractivity contribution in [3.05, 3.63) is 40.3 Å². The van der Waals surface area contributed by atoms with Gasteiger partial charge in [0.05, 0.1) is 17.4 Å². The molecule has 2 heterocycles. The molecule has 39 heavy (non-hydrogen) atoms. The van der Waals surface area contributed by atoms with Crippen molar-refractivity contribution in [1.82, 2.24) is 14.7 Å². The molecule has 1 aliphatic heterocycles. The largest absolute Gasteiger partial charge is 0.471 e. The number of halogens is 4. The van der Waals surface area contributed by atoms with E-state index in [0.717, 1.165) is 4.68 Å². The number of carbonyl (C=O) groups excluding carboxylic acids is 2. The van der Waals surface area contributed by atoms with E-state index < -0.39 is 41.1 Å². The Morgan fingerprint density at radius 3 is 2.13 bits per heavy atom. The van der Waals surface area contributed by atoms with E-state index in [9.17, 15) is 37.4 Å². The third-order valence-corrected chi connectivity index (χ3v) is 6.75. The van der Waals surface area contributed by atoms with Gasteiger partial charge >= 0.3 is 18.2 Å². The van der Waals surface area contributed by atoms with Crippen LogP contribution in [0.4, 0.5) is 28.2 Å². The maximum Gasteiger partial charge on any atom is 0.471 e. The standard InChI is InChI=1S/C26H34F4N4O5/c1-14-11-17(12-15(2)19(14)27)34-21(31-22(37)26(28,29)30)18-16(3)33(23(38)39-24(4,5)6)13-25(7-9-35,8-10-36)20(18)32-34/h11-12,16,35-36H,7-10,13H2,1-6H3,(H,31,37)/t16-/m0/s1. The normalized spacial score (nSPS) is 17.1. The lowest BCUT2D eigenvalue weighted by molar-refractivity contribution is -0.167. The van der Waals surface area contributed by atoms with Crippen LogP contribution in [0.3, 0.4) is 0 Å². The van der Waals surface area contributed by atoms with E-state index in [4.69, 9.17) is 4.74 Å². The molecule has 0 unspecified atom stereocenters. The van der Waals surface area contributed by atoms with Crippen molar-refractivity contribution in [3.63, 3.8) is 0 Å². The fourth-order valence-electron chi connectivity index (χ4n) is 4.93. The predicted molar refractivity (Wildman–Crippen MR) is 134 cm³/mol. The minimum atomic E-state index is -5.24. The van der Waals surface area contributed by atoms with Crippen molar-refractivity contribution >= 4 is 17.8 Å². The number of aliphatic hydroxyl groups is 2. The quantitative estimate of drug-likeness (QED) is 0.452. The SMILES string of the molecule is Cc1cc(-n2nc3c(c2NC(=O)C(F)(F)F)[C@H](C)N(C(=O)OC(C)(C)C)CC3(CCO)CCO)cc(C)c1F. The number of hydrogen-bond donors (Lipinski definition) is 3. The first-order chi connectivity index (χ1) is 18.0. The van der Waals surface area contributed by atoms with E-state index in [-0.39, 0.29) is 66.5 Å². The van der Waals surface area contributed by atoms with Crippen LogP contribution in [-0.2, 0) is 14.9 Å². The van der Waals surface area contributed by atoms with Crippen molar-refractivity contribution in [2.45, 2.75) is 77.6 Å². The van der Waals surface area contributed by atoms with Crippen molar-refractivity contribution in [2.75, 3.05) is 25.1 Å². The summed E-state index contributed by atoms with van der Waals surface area (Å²) < 4.78 is 61.3. The third kappa shape index (κ3) is 6.03. The number of ether oxygens (including phenoxy) is 1. The van der Waals surface area contributed by atoms with Crippen LogP contribution in [0, 0.1) is 19.7 Å². The Balaban J connectivity index is 2.37. The maximum atomic E-state index is 14.4. The first-order valence-corrected chi connectivity index (χ1v) is 12.5. The Hall–Kier alpha value is -3.19. The number of aromatic nitrogens is 2. The van der Waals surface area contributed by atoms with Crippen LogP contribution in [0.1, 0.15) is 69.0 Å². The first kappa shape index (κ1) is 30.4. The summed E-state index contributed by atoms with van der Waals surface area (Å²) in [5.41, 5.74) is -1.22. The second-order valence-electron chi connectivity index (χ2n) is 10.9. The summed E-state index contributed by atoms with van der Waals surface area (Å²) >= 11 is 0. The van der Waals surface area contributed by atoms with Gasteiger partial charge in [-0.2, -0.15) is 18.3 Å². The van der Waals surface area contributed by atoms with Crippen LogP contribution < -0.4 is 5.32 Å². The Labute approximate surface area is 223 Å². The fraction of sp³-hybridized carbons (Fsp3) is 0.577. The van der Waals surface area contributed by atoms with Gasteiger partial charge in [-0.3, -0.25) is 4.79 Å². The molecule has 216 valence electrons. The molecule has 1 atom stereocenters. The number of benzene rings is 1. The lowest BCUT2D eigenvalue weighted by Gasteiger charge is -2.45. The molecule has 2 amide bonds. The zero-order chi connectivity index (χ0) is 29.5. The first-order valence-electron chi connectivity index (χ1n) is 12.5. The van der Waals surface area contributed by atoms with Gasteiger partial charge in [0.2, 0.25) is 0 Å². The number of aryl methyl sites for hydroxylation is 2. The van der Waals surface area contributed by atoms with Crippen molar-refractivity contribution in [3.8, 4) is 5.69 Å². The number of aliphatic hydroxyl groups excluding tert-OH is 2. The average Bonchev–Trinajstić information content (AvgIpc) is 3.18. The molecule has 1 aliphatic rings. The zero-order valence-corrected chi connectivity index (χ0v) is 22.7. The maximum absolute atomic E-state index is 14.4. The van der Waals surface area contributed by atoms with E-state index in [2.05, 4.69) is 5.10 Å². The monoisotopic (exact) mass is 558 g/mol. The van der Waals surface area contributed by atoms with Gasteiger partial charge in [0, 0.05) is 30.7 Å². The van der Waals surface area contributed by atoms with E-state index in [1.807, 2.05) is 5.32 Å². The molecule has 0 saturated heterocycles. The second kappa shape index (κ2) is 10.8. The second-order valence-corrected chi connectivity index (χ2v) is 10.9. The highest BCUT2D eigenvalue weighted by Crippen LogP contribution is 2.47. The molecule has 0 bridgehead atoms. The Morgan fingerprint density at radius 1 is 1.13 bits per heavy atom. The van der Waals surface area contributed by atoms with Gasteiger partial charge in [-0.05, 0) is 77.6 Å². The number of anilines is 1. The smallest absolute Gasteiger partial charge is 0.444 e. The molecule has 3 N–H and O–H groups in total. The molecule has 2 aromatic rings. The van der Waals surface area contributed by atoms with Gasteiger partial charge in [-0.15, -0.1) is 0 Å². The topological polar surface area (TPSA) is 117 Å². The summed E-state index contributed by atoms with van der Waals surface area (Å²) in [6.45, 7) is 8.66. The van der Waals surface area contributed by atoms with Gasteiger partial charge in [0.25, 0.3) is 0 Å². The van der Waals surface area contributed by atoms with E-state index in [0.29, 0.717) is 0 Å². The van der Waals surface area contributed by atoms with Crippen LogP contribution in [0.5, 0.6) is 0 Å². The molecule has 1 aromatic heterocycles. The summed E-state index contributed by atoms with van der Waals surface area (Å²) in [5, 5.41) is 26.4. The van der Waals surface area contributed by atoms with Gasteiger partial charge in [0.15, 0.2) is 0 Å².